The molecule has 9 nitrogen and oxygen atoms in total. The molecule has 0 bridgehead atoms. The molecule has 280 valence electrons. The average Bonchev–Trinajstić information content (AvgIpc) is 3.83. The van der Waals surface area contributed by atoms with Crippen LogP contribution in [0.15, 0.2) is 67.0 Å². The van der Waals surface area contributed by atoms with Crippen LogP contribution in [0.3, 0.4) is 0 Å². The van der Waals surface area contributed by atoms with Gasteiger partial charge in [0.05, 0.1) is 18.3 Å². The first kappa shape index (κ1) is 37.9. The number of allylic oxidation sites excluding steroid dienone is 2. The maximum Gasteiger partial charge on any atom is 0.161 e. The van der Waals surface area contributed by atoms with Gasteiger partial charge in [-0.05, 0) is 98.4 Å². The Kier molecular flexibility index (Phi) is 12.7. The minimum Gasteiger partial charge on any atom is -0.504 e. The number of phenolic OH excluding ortho intramolecular Hbond substituents is 1. The first-order chi connectivity index (χ1) is 25.2. The van der Waals surface area contributed by atoms with E-state index in [2.05, 4.69) is 40.9 Å². The van der Waals surface area contributed by atoms with Crippen LogP contribution >= 0.6 is 0 Å². The van der Waals surface area contributed by atoms with Crippen molar-refractivity contribution in [2.45, 2.75) is 126 Å². The number of aliphatic hydroxyl groups excluding tert-OH is 4. The van der Waals surface area contributed by atoms with Crippen LogP contribution in [-0.2, 0) is 5.41 Å². The van der Waals surface area contributed by atoms with Crippen LogP contribution in [0, 0.1) is 29.6 Å². The predicted molar refractivity (Wildman–Crippen MR) is 203 cm³/mol. The fourth-order valence-electron chi connectivity index (χ4n) is 9.20. The summed E-state index contributed by atoms with van der Waals surface area (Å²) in [5.74, 6) is 6.78. The van der Waals surface area contributed by atoms with Crippen molar-refractivity contribution < 1.29 is 30.3 Å². The minimum absolute atomic E-state index is 0.0613. The lowest BCUT2D eigenvalue weighted by Gasteiger charge is -2.40. The Bertz CT molecular complexity index is 1680. The molecular weight excluding hydrogens is 654 g/mol. The van der Waals surface area contributed by atoms with E-state index in [1.54, 1.807) is 18.3 Å². The van der Waals surface area contributed by atoms with Crippen LogP contribution in [0.4, 0.5) is 5.82 Å². The lowest BCUT2D eigenvalue weighted by atomic mass is 9.66. The number of nitrogens with one attached hydrogen (secondary N) is 1. The highest BCUT2D eigenvalue weighted by molar-refractivity contribution is 5.45. The second-order valence-corrected chi connectivity index (χ2v) is 15.4. The summed E-state index contributed by atoms with van der Waals surface area (Å²) in [7, 11) is 0. The molecule has 0 aliphatic heterocycles. The Morgan fingerprint density at radius 2 is 1.83 bits per heavy atom. The molecule has 2 heterocycles. The number of hydrogen-bond donors (Lipinski definition) is 7. The zero-order chi connectivity index (χ0) is 36.7. The fraction of sp³-hybridized carbons (Fsp3) is 0.558. The first-order valence-corrected chi connectivity index (χ1v) is 19.4. The first-order valence-electron chi connectivity index (χ1n) is 19.4. The number of nitrogens with zero attached hydrogens (tertiary/aromatic N) is 1. The molecule has 1 saturated carbocycles. The summed E-state index contributed by atoms with van der Waals surface area (Å²) in [4.78, 5) is 7.74. The molecule has 0 saturated heterocycles. The van der Waals surface area contributed by atoms with Crippen LogP contribution in [-0.4, -0.2) is 66.5 Å². The van der Waals surface area contributed by atoms with Crippen molar-refractivity contribution in [3.05, 3.63) is 83.8 Å². The van der Waals surface area contributed by atoms with E-state index in [9.17, 15) is 25.5 Å². The number of aromatic amines is 1. The van der Waals surface area contributed by atoms with E-state index >= 15 is 0 Å². The van der Waals surface area contributed by atoms with Crippen LogP contribution in [0.1, 0.15) is 113 Å². The van der Waals surface area contributed by atoms with Gasteiger partial charge in [0, 0.05) is 60.2 Å². The van der Waals surface area contributed by atoms with E-state index in [4.69, 9.17) is 10.5 Å². The molecule has 1 aromatic carbocycles. The Morgan fingerprint density at radius 3 is 2.56 bits per heavy atom. The summed E-state index contributed by atoms with van der Waals surface area (Å²) in [5, 5.41) is 55.5. The second kappa shape index (κ2) is 17.3. The summed E-state index contributed by atoms with van der Waals surface area (Å²) in [6.45, 7) is 1.94. The summed E-state index contributed by atoms with van der Waals surface area (Å²) in [6, 6.07) is 13.3. The number of benzene rings is 1. The Balaban J connectivity index is 1.32. The van der Waals surface area contributed by atoms with Gasteiger partial charge in [0.2, 0.25) is 0 Å². The van der Waals surface area contributed by atoms with E-state index in [-0.39, 0.29) is 47.7 Å². The molecule has 3 aliphatic rings. The number of aliphatic hydroxyl groups is 4. The molecule has 0 spiro atoms. The number of fused-ring (bicyclic) bond motifs is 1. The summed E-state index contributed by atoms with van der Waals surface area (Å²) < 4.78 is 6.63. The highest BCUT2D eigenvalue weighted by atomic mass is 16.5. The van der Waals surface area contributed by atoms with E-state index in [1.807, 2.05) is 36.5 Å². The molecule has 2 aromatic heterocycles. The zero-order valence-corrected chi connectivity index (χ0v) is 30.4. The highest BCUT2D eigenvalue weighted by Gasteiger charge is 2.46. The molecule has 52 heavy (non-hydrogen) atoms. The molecule has 3 aliphatic carbocycles. The largest absolute Gasteiger partial charge is 0.504 e. The van der Waals surface area contributed by atoms with Gasteiger partial charge in [0.1, 0.15) is 11.9 Å². The van der Waals surface area contributed by atoms with E-state index < -0.39 is 30.3 Å². The maximum atomic E-state index is 11.6. The monoisotopic (exact) mass is 711 g/mol. The van der Waals surface area contributed by atoms with Gasteiger partial charge in [-0.3, -0.25) is 0 Å². The van der Waals surface area contributed by atoms with Gasteiger partial charge >= 0.3 is 0 Å². The van der Waals surface area contributed by atoms with Gasteiger partial charge in [0.25, 0.3) is 0 Å². The zero-order valence-electron chi connectivity index (χ0n) is 30.4. The Morgan fingerprint density at radius 1 is 1.02 bits per heavy atom. The molecule has 0 radical (unpaired) electrons. The number of H-pyrrole nitrogens is 1. The molecule has 9 atom stereocenters. The number of aromatic hydroxyl groups is 1. The maximum absolute atomic E-state index is 11.6. The number of pyridine rings is 1. The molecule has 8 N–H and O–H groups in total. The van der Waals surface area contributed by atoms with Gasteiger partial charge in [0.15, 0.2) is 11.5 Å². The SMILES string of the molecule is CC[C@@H]1C#C[C@@H]2C=C[C@@H](c3ccc(O)c(O[C@H](C[C@H](c4ccnc(N)c4)C4(c5ccc[nH]5)CCCC4)[C@H](O)CCO)c3)C[C@@H](O)[C@H]2[C@@H](O)CCCC1. The summed E-state index contributed by atoms with van der Waals surface area (Å²) in [5.41, 5.74) is 8.93. The molecule has 0 unspecified atom stereocenters. The number of ether oxygens (including phenoxy) is 1. The molecule has 0 amide bonds. The number of nitrogens with two attached hydrogens (primary N) is 1. The number of anilines is 1. The standard InChI is InChI=1S/C43H57N3O6/c1-2-28-8-3-4-9-36(50)42-29(12-11-28)13-14-30(24-37(42)51)31-15-16-34(48)38(25-31)52-39(35(49)18-23-47)27-33(32-17-22-46-41(44)26-32)43(19-5-6-20-43)40-10-7-21-45-40/h7,10,13-17,21-22,25-26,28-30,33,35-37,39,42,45,47-51H,2-6,8-9,18-20,23-24,27H2,1H3,(H2,44,46)/t28-,29+,30+,33+,35+,36-,37+,39+,42+/m0/s1. The van der Waals surface area contributed by atoms with Crippen molar-refractivity contribution in [2.75, 3.05) is 12.3 Å². The lowest BCUT2D eigenvalue weighted by molar-refractivity contribution is -0.00708. The van der Waals surface area contributed by atoms with Crippen LogP contribution in [0.2, 0.25) is 0 Å². The third-order valence-electron chi connectivity index (χ3n) is 12.1. The van der Waals surface area contributed by atoms with E-state index in [1.165, 1.54) is 0 Å². The van der Waals surface area contributed by atoms with Crippen molar-refractivity contribution in [1.82, 2.24) is 9.97 Å². The molecule has 6 rings (SSSR count). The third kappa shape index (κ3) is 8.52. The minimum atomic E-state index is -1.02. The third-order valence-corrected chi connectivity index (χ3v) is 12.1. The van der Waals surface area contributed by atoms with Crippen molar-refractivity contribution >= 4 is 5.82 Å². The van der Waals surface area contributed by atoms with Gasteiger partial charge in [-0.2, -0.15) is 0 Å². The lowest BCUT2D eigenvalue weighted by Crippen LogP contribution is -2.40. The number of phenols is 1. The van der Waals surface area contributed by atoms with Gasteiger partial charge in [-0.25, -0.2) is 4.98 Å². The van der Waals surface area contributed by atoms with Crippen molar-refractivity contribution in [2.24, 2.45) is 17.8 Å². The van der Waals surface area contributed by atoms with Crippen molar-refractivity contribution in [3.8, 4) is 23.3 Å². The van der Waals surface area contributed by atoms with Gasteiger partial charge < -0.3 is 41.0 Å². The van der Waals surface area contributed by atoms with Crippen molar-refractivity contribution in [3.63, 3.8) is 0 Å². The topological polar surface area (TPSA) is 165 Å². The van der Waals surface area contributed by atoms with Gasteiger partial charge in [-0.15, -0.1) is 0 Å². The van der Waals surface area contributed by atoms with Crippen molar-refractivity contribution in [1.29, 1.82) is 0 Å². The Labute approximate surface area is 308 Å². The smallest absolute Gasteiger partial charge is 0.161 e. The van der Waals surface area contributed by atoms with E-state index in [0.29, 0.717) is 31.0 Å². The number of rotatable bonds is 12. The predicted octanol–water partition coefficient (Wildman–Crippen LogP) is 6.48. The number of aromatic nitrogens is 2. The molecule has 9 heteroatoms. The van der Waals surface area contributed by atoms with E-state index in [0.717, 1.165) is 68.2 Å². The number of hydrogen-bond acceptors (Lipinski definition) is 8. The normalized spacial score (nSPS) is 27.7. The fourth-order valence-corrected chi connectivity index (χ4v) is 9.20. The van der Waals surface area contributed by atoms with Crippen LogP contribution in [0.25, 0.3) is 0 Å². The average molecular weight is 712 g/mol. The molecule has 3 aromatic rings. The molecule has 1 fully saturated rings. The Hall–Kier alpha value is -3.81. The quantitative estimate of drug-likeness (QED) is 0.0830. The summed E-state index contributed by atoms with van der Waals surface area (Å²) >= 11 is 0. The second-order valence-electron chi connectivity index (χ2n) is 15.4. The van der Waals surface area contributed by atoms with Crippen LogP contribution < -0.4 is 10.5 Å². The molecular formula is C43H57N3O6. The summed E-state index contributed by atoms with van der Waals surface area (Å²) in [6.07, 6.45) is 14.0. The van der Waals surface area contributed by atoms with Crippen LogP contribution in [0.5, 0.6) is 11.5 Å². The van der Waals surface area contributed by atoms with Gasteiger partial charge in [-0.1, -0.05) is 62.7 Å². The number of nitrogen functional groups attached to an aromatic ring is 1. The highest BCUT2D eigenvalue weighted by Crippen LogP contribution is 2.53.